The van der Waals surface area contributed by atoms with Gasteiger partial charge >= 0.3 is 12.0 Å². The molecule has 0 aromatic heterocycles. The molecular weight excluding hydrogens is 346 g/mol. The molecule has 0 bridgehead atoms. The van der Waals surface area contributed by atoms with Crippen LogP contribution < -0.4 is 5.32 Å². The third-order valence-corrected chi connectivity index (χ3v) is 5.60. The first-order chi connectivity index (χ1) is 12.9. The van der Waals surface area contributed by atoms with E-state index in [4.69, 9.17) is 5.11 Å². The van der Waals surface area contributed by atoms with Gasteiger partial charge in [0, 0.05) is 36.9 Å². The predicted molar refractivity (Wildman–Crippen MR) is 102 cm³/mol. The molecule has 2 saturated heterocycles. The highest BCUT2D eigenvalue weighted by Gasteiger charge is 2.31. The Balaban J connectivity index is 1.65. The monoisotopic (exact) mass is 373 g/mol. The molecule has 146 valence electrons. The molecule has 2 atom stereocenters. The van der Waals surface area contributed by atoms with Crippen LogP contribution in [0.5, 0.6) is 0 Å². The van der Waals surface area contributed by atoms with Gasteiger partial charge in [-0.05, 0) is 63.3 Å². The first kappa shape index (κ1) is 19.2. The normalized spacial score (nSPS) is 22.6. The summed E-state index contributed by atoms with van der Waals surface area (Å²) >= 11 is 0. The number of piperidine rings is 1. The number of carboxylic acid groups (broad SMARTS) is 1. The summed E-state index contributed by atoms with van der Waals surface area (Å²) in [6, 6.07) is 5.26. The first-order valence-electron chi connectivity index (χ1n) is 9.57. The van der Waals surface area contributed by atoms with Crippen molar-refractivity contribution < 1.29 is 19.5 Å². The minimum absolute atomic E-state index is 0.0343. The number of hydrogen-bond acceptors (Lipinski definition) is 3. The number of benzene rings is 1. The Bertz CT molecular complexity index is 749. The van der Waals surface area contributed by atoms with Crippen molar-refractivity contribution in [2.45, 2.75) is 45.6 Å². The molecule has 2 aliphatic heterocycles. The lowest BCUT2D eigenvalue weighted by atomic mass is 10.0. The molecule has 3 amide bonds. The summed E-state index contributed by atoms with van der Waals surface area (Å²) in [6.07, 6.45) is 3.71. The van der Waals surface area contributed by atoms with Crippen LogP contribution >= 0.6 is 0 Å². The van der Waals surface area contributed by atoms with Crippen LogP contribution in [0.15, 0.2) is 18.2 Å². The number of rotatable bonds is 3. The maximum absolute atomic E-state index is 12.8. The molecule has 0 radical (unpaired) electrons. The van der Waals surface area contributed by atoms with Gasteiger partial charge in [-0.15, -0.1) is 0 Å². The van der Waals surface area contributed by atoms with Crippen LogP contribution in [0, 0.1) is 12.8 Å². The summed E-state index contributed by atoms with van der Waals surface area (Å²) in [7, 11) is 0. The van der Waals surface area contributed by atoms with E-state index in [0.717, 1.165) is 31.4 Å². The highest BCUT2D eigenvalue weighted by atomic mass is 16.4. The lowest BCUT2D eigenvalue weighted by molar-refractivity contribution is -0.141. The summed E-state index contributed by atoms with van der Waals surface area (Å²) in [5.74, 6) is -1.33. The molecule has 0 aliphatic carbocycles. The van der Waals surface area contributed by atoms with Crippen LogP contribution in [0.25, 0.3) is 0 Å². The van der Waals surface area contributed by atoms with Crippen molar-refractivity contribution in [1.82, 2.24) is 9.80 Å². The van der Waals surface area contributed by atoms with Gasteiger partial charge in [-0.3, -0.25) is 9.59 Å². The molecule has 2 heterocycles. The van der Waals surface area contributed by atoms with Crippen LogP contribution in [0.3, 0.4) is 0 Å². The Hall–Kier alpha value is -2.57. The fraction of sp³-hybridized carbons (Fsp3) is 0.550. The van der Waals surface area contributed by atoms with Crippen molar-refractivity contribution in [2.75, 3.05) is 25.0 Å². The zero-order chi connectivity index (χ0) is 19.6. The van der Waals surface area contributed by atoms with Crippen LogP contribution in [-0.2, 0) is 4.79 Å². The number of hydrogen-bond donors (Lipinski definition) is 2. The van der Waals surface area contributed by atoms with E-state index >= 15 is 0 Å². The molecule has 1 aromatic carbocycles. The number of nitrogens with zero attached hydrogens (tertiary/aromatic N) is 2. The second-order valence-electron chi connectivity index (χ2n) is 7.57. The molecule has 27 heavy (non-hydrogen) atoms. The molecule has 7 heteroatoms. The Labute approximate surface area is 159 Å². The first-order valence-corrected chi connectivity index (χ1v) is 9.57. The second kappa shape index (κ2) is 7.98. The van der Waals surface area contributed by atoms with E-state index in [1.165, 1.54) is 4.90 Å². The van der Waals surface area contributed by atoms with Crippen LogP contribution in [0.2, 0.25) is 0 Å². The molecule has 0 spiro atoms. The number of carbonyl (C=O) groups excluding carboxylic acids is 2. The fourth-order valence-electron chi connectivity index (χ4n) is 3.84. The van der Waals surface area contributed by atoms with Crippen molar-refractivity contribution >= 4 is 23.6 Å². The lowest BCUT2D eigenvalue weighted by Crippen LogP contribution is -2.42. The molecule has 2 fully saturated rings. The predicted octanol–water partition coefficient (Wildman–Crippen LogP) is 2.95. The molecule has 7 nitrogen and oxygen atoms in total. The summed E-state index contributed by atoms with van der Waals surface area (Å²) in [4.78, 5) is 39.7. The summed E-state index contributed by atoms with van der Waals surface area (Å²) < 4.78 is 0. The minimum atomic E-state index is -0.865. The smallest absolute Gasteiger partial charge is 0.321 e. The largest absolute Gasteiger partial charge is 0.481 e. The standard InChI is InChI=1S/C20H27N3O4/c1-13-11-15(18(24)23-9-4-3-5-14(23)2)6-7-17(13)21-20(27)22-10-8-16(12-22)19(25)26/h6-7,11,14,16H,3-5,8-10,12H2,1-2H3,(H,21,27)(H,25,26). The number of aryl methyl sites for hydroxylation is 1. The minimum Gasteiger partial charge on any atom is -0.481 e. The van der Waals surface area contributed by atoms with Crippen molar-refractivity contribution in [3.05, 3.63) is 29.3 Å². The highest BCUT2D eigenvalue weighted by molar-refractivity contribution is 5.96. The van der Waals surface area contributed by atoms with E-state index in [1.807, 2.05) is 17.9 Å². The Morgan fingerprint density at radius 3 is 2.56 bits per heavy atom. The molecule has 2 N–H and O–H groups in total. The van der Waals surface area contributed by atoms with Gasteiger partial charge in [-0.2, -0.15) is 0 Å². The SMILES string of the molecule is Cc1cc(C(=O)N2CCCCC2C)ccc1NC(=O)N1CCC(C(=O)O)C1. The Kier molecular flexibility index (Phi) is 5.68. The average Bonchev–Trinajstić information content (AvgIpc) is 3.14. The van der Waals surface area contributed by atoms with E-state index in [1.54, 1.807) is 12.1 Å². The topological polar surface area (TPSA) is 90.0 Å². The molecular formula is C20H27N3O4. The van der Waals surface area contributed by atoms with Gasteiger partial charge in [-0.25, -0.2) is 4.79 Å². The summed E-state index contributed by atoms with van der Waals surface area (Å²) in [5.41, 5.74) is 2.08. The third kappa shape index (κ3) is 4.23. The second-order valence-corrected chi connectivity index (χ2v) is 7.57. The molecule has 2 unspecified atom stereocenters. The van der Waals surface area contributed by atoms with E-state index in [0.29, 0.717) is 24.2 Å². The van der Waals surface area contributed by atoms with Crippen LogP contribution in [-0.4, -0.2) is 58.5 Å². The van der Waals surface area contributed by atoms with Crippen molar-refractivity contribution in [3.8, 4) is 0 Å². The maximum Gasteiger partial charge on any atom is 0.321 e. The zero-order valence-corrected chi connectivity index (χ0v) is 15.9. The summed E-state index contributed by atoms with van der Waals surface area (Å²) in [6.45, 7) is 5.39. The van der Waals surface area contributed by atoms with Gasteiger partial charge < -0.3 is 20.2 Å². The van der Waals surface area contributed by atoms with Crippen molar-refractivity contribution in [3.63, 3.8) is 0 Å². The number of urea groups is 1. The van der Waals surface area contributed by atoms with E-state index in [9.17, 15) is 14.4 Å². The molecule has 3 rings (SSSR count). The maximum atomic E-state index is 12.8. The molecule has 0 saturated carbocycles. The number of likely N-dealkylation sites (tertiary alicyclic amines) is 2. The number of nitrogens with one attached hydrogen (secondary N) is 1. The number of amides is 3. The van der Waals surface area contributed by atoms with Gasteiger partial charge in [0.05, 0.1) is 5.92 Å². The van der Waals surface area contributed by atoms with Crippen molar-refractivity contribution in [2.24, 2.45) is 5.92 Å². The van der Waals surface area contributed by atoms with Gasteiger partial charge in [0.2, 0.25) is 0 Å². The third-order valence-electron chi connectivity index (χ3n) is 5.60. The Morgan fingerprint density at radius 2 is 1.93 bits per heavy atom. The number of anilines is 1. The van der Waals surface area contributed by atoms with Crippen LogP contribution in [0.4, 0.5) is 10.5 Å². The van der Waals surface area contributed by atoms with Gasteiger partial charge in [0.1, 0.15) is 0 Å². The lowest BCUT2D eigenvalue weighted by Gasteiger charge is -2.33. The van der Waals surface area contributed by atoms with Gasteiger partial charge in [0.15, 0.2) is 0 Å². The average molecular weight is 373 g/mol. The summed E-state index contributed by atoms with van der Waals surface area (Å²) in [5, 5.41) is 11.9. The molecule has 1 aromatic rings. The fourth-order valence-corrected chi connectivity index (χ4v) is 3.84. The van der Waals surface area contributed by atoms with E-state index in [2.05, 4.69) is 12.2 Å². The van der Waals surface area contributed by atoms with Gasteiger partial charge in [-0.1, -0.05) is 0 Å². The van der Waals surface area contributed by atoms with Crippen molar-refractivity contribution in [1.29, 1.82) is 0 Å². The Morgan fingerprint density at radius 1 is 1.15 bits per heavy atom. The van der Waals surface area contributed by atoms with E-state index < -0.39 is 11.9 Å². The number of aliphatic carboxylic acids is 1. The van der Waals surface area contributed by atoms with Gasteiger partial charge in [0.25, 0.3) is 5.91 Å². The number of carboxylic acids is 1. The molecule has 2 aliphatic rings. The number of carbonyl (C=O) groups is 3. The van der Waals surface area contributed by atoms with E-state index in [-0.39, 0.29) is 24.5 Å². The zero-order valence-electron chi connectivity index (χ0n) is 15.9. The quantitative estimate of drug-likeness (QED) is 0.852. The van der Waals surface area contributed by atoms with Crippen LogP contribution in [0.1, 0.15) is 48.5 Å². The highest BCUT2D eigenvalue weighted by Crippen LogP contribution is 2.23.